The number of nitrogens with zero attached hydrogens (tertiary/aromatic N) is 4. The largest absolute Gasteiger partial charge is 0.369 e. The van der Waals surface area contributed by atoms with Crippen molar-refractivity contribution in [2.75, 3.05) is 31.1 Å². The van der Waals surface area contributed by atoms with Crippen molar-refractivity contribution in [3.05, 3.63) is 83.2 Å². The van der Waals surface area contributed by atoms with E-state index in [2.05, 4.69) is 70.8 Å². The summed E-state index contributed by atoms with van der Waals surface area (Å²) in [6.07, 6.45) is 2.05. The van der Waals surface area contributed by atoms with Crippen LogP contribution in [0.25, 0.3) is 5.69 Å². The number of piperazine rings is 1. The van der Waals surface area contributed by atoms with Gasteiger partial charge in [0.05, 0.1) is 11.3 Å². The van der Waals surface area contributed by atoms with Gasteiger partial charge in [0.15, 0.2) is 0 Å². The van der Waals surface area contributed by atoms with E-state index in [9.17, 15) is 5.26 Å². The molecule has 142 valence electrons. The topological polar surface area (TPSA) is 35.2 Å². The molecule has 0 saturated carbocycles. The van der Waals surface area contributed by atoms with Gasteiger partial charge in [0.1, 0.15) is 6.07 Å². The SMILES string of the molecule is Cc1cccc(N2CCN(Cc3cccn3-c3ccccc3C#N)CC2)c1C. The minimum Gasteiger partial charge on any atom is -0.369 e. The van der Waals surface area contributed by atoms with Crippen LogP contribution >= 0.6 is 0 Å². The van der Waals surface area contributed by atoms with E-state index in [1.165, 1.54) is 22.5 Å². The summed E-state index contributed by atoms with van der Waals surface area (Å²) in [6.45, 7) is 9.46. The van der Waals surface area contributed by atoms with Gasteiger partial charge in [0.2, 0.25) is 0 Å². The van der Waals surface area contributed by atoms with Crippen LogP contribution in [0.15, 0.2) is 60.8 Å². The Morgan fingerprint density at radius 2 is 1.61 bits per heavy atom. The highest BCUT2D eigenvalue weighted by molar-refractivity contribution is 5.56. The van der Waals surface area contributed by atoms with Crippen LogP contribution in [0.5, 0.6) is 0 Å². The Morgan fingerprint density at radius 3 is 2.39 bits per heavy atom. The van der Waals surface area contributed by atoms with E-state index in [-0.39, 0.29) is 0 Å². The lowest BCUT2D eigenvalue weighted by Crippen LogP contribution is -2.46. The number of benzene rings is 2. The number of nitriles is 1. The van der Waals surface area contributed by atoms with E-state index in [1.54, 1.807) is 0 Å². The number of aryl methyl sites for hydroxylation is 1. The third kappa shape index (κ3) is 3.54. The minimum atomic E-state index is 0.708. The summed E-state index contributed by atoms with van der Waals surface area (Å²) in [5.41, 5.74) is 7.00. The monoisotopic (exact) mass is 370 g/mol. The normalized spacial score (nSPS) is 14.8. The Morgan fingerprint density at radius 1 is 0.857 bits per heavy atom. The highest BCUT2D eigenvalue weighted by Crippen LogP contribution is 2.25. The van der Waals surface area contributed by atoms with Crippen LogP contribution in [0.1, 0.15) is 22.4 Å². The predicted octanol–water partition coefficient (Wildman–Crippen LogP) is 4.29. The van der Waals surface area contributed by atoms with Crippen LogP contribution < -0.4 is 4.90 Å². The van der Waals surface area contributed by atoms with Crippen molar-refractivity contribution in [2.45, 2.75) is 20.4 Å². The fraction of sp³-hybridized carbons (Fsp3) is 0.292. The second kappa shape index (κ2) is 7.92. The first-order chi connectivity index (χ1) is 13.7. The van der Waals surface area contributed by atoms with Gasteiger partial charge in [-0.15, -0.1) is 0 Å². The zero-order valence-corrected chi connectivity index (χ0v) is 16.6. The maximum Gasteiger partial charge on any atom is 0.101 e. The quantitative estimate of drug-likeness (QED) is 0.687. The van der Waals surface area contributed by atoms with Gasteiger partial charge in [-0.1, -0.05) is 24.3 Å². The zero-order chi connectivity index (χ0) is 19.5. The molecule has 0 atom stereocenters. The van der Waals surface area contributed by atoms with Crippen LogP contribution in [0.3, 0.4) is 0 Å². The van der Waals surface area contributed by atoms with Crippen molar-refractivity contribution in [1.29, 1.82) is 5.26 Å². The predicted molar refractivity (Wildman–Crippen MR) is 114 cm³/mol. The summed E-state index contributed by atoms with van der Waals surface area (Å²) in [5, 5.41) is 9.43. The molecule has 0 unspecified atom stereocenters. The molecule has 0 radical (unpaired) electrons. The first-order valence-corrected chi connectivity index (χ1v) is 9.86. The summed E-state index contributed by atoms with van der Waals surface area (Å²) >= 11 is 0. The lowest BCUT2D eigenvalue weighted by molar-refractivity contribution is 0.246. The fourth-order valence-electron chi connectivity index (χ4n) is 4.01. The van der Waals surface area contributed by atoms with Gasteiger partial charge in [-0.2, -0.15) is 5.26 Å². The molecule has 1 saturated heterocycles. The van der Waals surface area contributed by atoms with Gasteiger partial charge >= 0.3 is 0 Å². The van der Waals surface area contributed by atoms with Crippen LogP contribution in [0, 0.1) is 25.2 Å². The van der Waals surface area contributed by atoms with E-state index in [1.807, 2.05) is 24.3 Å². The van der Waals surface area contributed by atoms with Crippen LogP contribution in [0.2, 0.25) is 0 Å². The van der Waals surface area contributed by atoms with Gasteiger partial charge < -0.3 is 9.47 Å². The molecule has 4 heteroatoms. The fourth-order valence-corrected chi connectivity index (χ4v) is 4.01. The molecule has 2 heterocycles. The molecule has 1 fully saturated rings. The maximum absolute atomic E-state index is 9.43. The average Bonchev–Trinajstić information content (AvgIpc) is 3.18. The van der Waals surface area contributed by atoms with Crippen molar-refractivity contribution < 1.29 is 0 Å². The van der Waals surface area contributed by atoms with Crippen LogP contribution in [-0.2, 0) is 6.54 Å². The van der Waals surface area contributed by atoms with Crippen molar-refractivity contribution in [3.8, 4) is 11.8 Å². The molecule has 0 amide bonds. The minimum absolute atomic E-state index is 0.708. The Hall–Kier alpha value is -3.03. The maximum atomic E-state index is 9.43. The highest BCUT2D eigenvalue weighted by atomic mass is 15.3. The van der Waals surface area contributed by atoms with E-state index in [4.69, 9.17) is 0 Å². The molecule has 0 spiro atoms. The number of rotatable bonds is 4. The smallest absolute Gasteiger partial charge is 0.101 e. The Labute approximate surface area is 167 Å². The molecule has 0 aliphatic carbocycles. The highest BCUT2D eigenvalue weighted by Gasteiger charge is 2.20. The Balaban J connectivity index is 1.46. The van der Waals surface area contributed by atoms with Gasteiger partial charge in [-0.3, -0.25) is 4.90 Å². The standard InChI is InChI=1S/C24H26N4/c1-19-7-5-11-23(20(19)2)27-15-13-26(14-16-27)18-22-9-6-12-28(22)24-10-4-3-8-21(24)17-25/h3-12H,13-16,18H2,1-2H3. The van der Waals surface area contributed by atoms with Crippen molar-refractivity contribution >= 4 is 5.69 Å². The van der Waals surface area contributed by atoms with Gasteiger partial charge in [0, 0.05) is 50.3 Å². The van der Waals surface area contributed by atoms with E-state index in [0.717, 1.165) is 38.4 Å². The number of hydrogen-bond donors (Lipinski definition) is 0. The molecule has 28 heavy (non-hydrogen) atoms. The summed E-state index contributed by atoms with van der Waals surface area (Å²) < 4.78 is 2.15. The van der Waals surface area contributed by atoms with Crippen molar-refractivity contribution in [3.63, 3.8) is 0 Å². The summed E-state index contributed by atoms with van der Waals surface area (Å²) in [4.78, 5) is 5.01. The molecule has 1 aromatic heterocycles. The second-order valence-corrected chi connectivity index (χ2v) is 7.48. The molecular weight excluding hydrogens is 344 g/mol. The van der Waals surface area contributed by atoms with E-state index >= 15 is 0 Å². The zero-order valence-electron chi connectivity index (χ0n) is 16.6. The van der Waals surface area contributed by atoms with E-state index in [0.29, 0.717) is 5.56 Å². The molecule has 1 aliphatic rings. The molecule has 1 aliphatic heterocycles. The van der Waals surface area contributed by atoms with Crippen LogP contribution in [-0.4, -0.2) is 35.6 Å². The van der Waals surface area contributed by atoms with E-state index < -0.39 is 0 Å². The number of aromatic nitrogens is 1. The second-order valence-electron chi connectivity index (χ2n) is 7.48. The van der Waals surface area contributed by atoms with Crippen LogP contribution in [0.4, 0.5) is 5.69 Å². The lowest BCUT2D eigenvalue weighted by atomic mass is 10.1. The summed E-state index contributed by atoms with van der Waals surface area (Å²) in [7, 11) is 0. The molecule has 4 nitrogen and oxygen atoms in total. The molecule has 3 aromatic rings. The molecular formula is C24H26N4. The van der Waals surface area contributed by atoms with Gasteiger partial charge in [0.25, 0.3) is 0 Å². The van der Waals surface area contributed by atoms with Crippen molar-refractivity contribution in [1.82, 2.24) is 9.47 Å². The lowest BCUT2D eigenvalue weighted by Gasteiger charge is -2.37. The summed E-state index contributed by atoms with van der Waals surface area (Å²) in [5.74, 6) is 0. The third-order valence-corrected chi connectivity index (χ3v) is 5.79. The average molecular weight is 371 g/mol. The first-order valence-electron chi connectivity index (χ1n) is 9.86. The Bertz CT molecular complexity index is 1000. The number of hydrogen-bond acceptors (Lipinski definition) is 3. The Kier molecular flexibility index (Phi) is 5.18. The number of para-hydroxylation sites is 1. The van der Waals surface area contributed by atoms with Gasteiger partial charge in [-0.05, 0) is 55.3 Å². The number of anilines is 1. The molecule has 2 aromatic carbocycles. The molecule has 4 rings (SSSR count). The van der Waals surface area contributed by atoms with Crippen molar-refractivity contribution in [2.24, 2.45) is 0 Å². The molecule has 0 N–H and O–H groups in total. The first kappa shape index (κ1) is 18.3. The van der Waals surface area contributed by atoms with Gasteiger partial charge in [-0.25, -0.2) is 0 Å². The third-order valence-electron chi connectivity index (χ3n) is 5.79. The summed E-state index contributed by atoms with van der Waals surface area (Å²) in [6, 6.07) is 20.9. The molecule has 0 bridgehead atoms.